The van der Waals surface area contributed by atoms with Crippen molar-refractivity contribution in [3.63, 3.8) is 0 Å². The van der Waals surface area contributed by atoms with Gasteiger partial charge in [0.05, 0.1) is 5.56 Å². The second-order valence-electron chi connectivity index (χ2n) is 5.63. The Morgan fingerprint density at radius 1 is 1.00 bits per heavy atom. The minimum Gasteiger partial charge on any atom is -0.507 e. The Balaban J connectivity index is 2.05. The molecule has 23 heavy (non-hydrogen) atoms. The van der Waals surface area contributed by atoms with Gasteiger partial charge in [-0.3, -0.25) is 14.4 Å². The van der Waals surface area contributed by atoms with Crippen LogP contribution in [0.3, 0.4) is 0 Å². The largest absolute Gasteiger partial charge is 0.507 e. The van der Waals surface area contributed by atoms with Gasteiger partial charge in [-0.05, 0) is 24.1 Å². The Bertz CT molecular complexity index is 833. The van der Waals surface area contributed by atoms with Gasteiger partial charge in [0.15, 0.2) is 11.6 Å². The summed E-state index contributed by atoms with van der Waals surface area (Å²) in [5, 5.41) is 10.2. The van der Waals surface area contributed by atoms with Crippen LogP contribution in [0.1, 0.15) is 57.2 Å². The summed E-state index contributed by atoms with van der Waals surface area (Å²) in [5.41, 5.74) is 1.62. The standard InChI is InChI=1S/C19H16O4/c1-2-12(20)8-7-11-9-15-17(16(21)10-11)19(23)14-6-4-3-5-13(14)18(15)22/h3-6,9-10,21H,2,7-8H2,1H3. The van der Waals surface area contributed by atoms with Crippen LogP contribution < -0.4 is 0 Å². The zero-order valence-corrected chi connectivity index (χ0v) is 12.8. The summed E-state index contributed by atoms with van der Waals surface area (Å²) in [6.45, 7) is 1.80. The number of aryl methyl sites for hydroxylation is 1. The number of phenols is 1. The highest BCUT2D eigenvalue weighted by Gasteiger charge is 2.32. The van der Waals surface area contributed by atoms with Crippen molar-refractivity contribution in [3.8, 4) is 5.75 Å². The second kappa shape index (κ2) is 5.80. The predicted molar refractivity (Wildman–Crippen MR) is 85.0 cm³/mol. The normalized spacial score (nSPS) is 12.7. The van der Waals surface area contributed by atoms with Gasteiger partial charge in [-0.1, -0.05) is 31.2 Å². The van der Waals surface area contributed by atoms with Gasteiger partial charge in [0.1, 0.15) is 11.5 Å². The Kier molecular flexibility index (Phi) is 3.82. The van der Waals surface area contributed by atoms with Crippen molar-refractivity contribution in [3.05, 3.63) is 64.2 Å². The van der Waals surface area contributed by atoms with Crippen LogP contribution in [-0.2, 0) is 11.2 Å². The highest BCUT2D eigenvalue weighted by Crippen LogP contribution is 2.34. The van der Waals surface area contributed by atoms with Crippen LogP contribution in [0.2, 0.25) is 0 Å². The first kappa shape index (κ1) is 15.2. The summed E-state index contributed by atoms with van der Waals surface area (Å²) in [4.78, 5) is 36.6. The minimum atomic E-state index is -0.344. The van der Waals surface area contributed by atoms with Crippen LogP contribution in [0.4, 0.5) is 0 Å². The van der Waals surface area contributed by atoms with Gasteiger partial charge < -0.3 is 5.11 Å². The Hall–Kier alpha value is -2.75. The van der Waals surface area contributed by atoms with Gasteiger partial charge in [0.25, 0.3) is 0 Å². The molecular formula is C19H16O4. The molecular weight excluding hydrogens is 292 g/mol. The van der Waals surface area contributed by atoms with E-state index in [2.05, 4.69) is 0 Å². The molecule has 0 aromatic heterocycles. The smallest absolute Gasteiger partial charge is 0.198 e. The van der Waals surface area contributed by atoms with E-state index in [4.69, 9.17) is 0 Å². The topological polar surface area (TPSA) is 71.4 Å². The molecule has 1 aliphatic rings. The van der Waals surface area contributed by atoms with Crippen molar-refractivity contribution >= 4 is 17.3 Å². The molecule has 1 N–H and O–H groups in total. The van der Waals surface area contributed by atoms with Crippen molar-refractivity contribution in [1.82, 2.24) is 0 Å². The molecule has 0 amide bonds. The molecule has 116 valence electrons. The summed E-state index contributed by atoms with van der Waals surface area (Å²) >= 11 is 0. The van der Waals surface area contributed by atoms with E-state index in [1.165, 1.54) is 6.07 Å². The molecule has 2 aromatic rings. The van der Waals surface area contributed by atoms with Gasteiger partial charge in [-0.25, -0.2) is 0 Å². The fraction of sp³-hybridized carbons (Fsp3) is 0.211. The van der Waals surface area contributed by atoms with Crippen molar-refractivity contribution in [2.24, 2.45) is 0 Å². The Morgan fingerprint density at radius 3 is 2.30 bits per heavy atom. The van der Waals surface area contributed by atoms with E-state index >= 15 is 0 Å². The lowest BCUT2D eigenvalue weighted by atomic mass is 9.82. The first-order valence-electron chi connectivity index (χ1n) is 7.59. The molecule has 0 aliphatic heterocycles. The summed E-state index contributed by atoms with van der Waals surface area (Å²) in [6, 6.07) is 9.69. The molecule has 0 unspecified atom stereocenters. The summed E-state index contributed by atoms with van der Waals surface area (Å²) in [7, 11) is 0. The lowest BCUT2D eigenvalue weighted by Crippen LogP contribution is -2.21. The van der Waals surface area contributed by atoms with Crippen molar-refractivity contribution in [1.29, 1.82) is 0 Å². The molecule has 0 saturated heterocycles. The van der Waals surface area contributed by atoms with Gasteiger partial charge in [0, 0.05) is 29.5 Å². The SMILES string of the molecule is CCC(=O)CCc1cc(O)c2c(c1)C(=O)c1ccccc1C2=O. The first-order valence-corrected chi connectivity index (χ1v) is 7.59. The van der Waals surface area contributed by atoms with Crippen LogP contribution >= 0.6 is 0 Å². The third-order valence-electron chi connectivity index (χ3n) is 4.15. The van der Waals surface area contributed by atoms with Gasteiger partial charge in [-0.2, -0.15) is 0 Å². The van der Waals surface area contributed by atoms with Crippen molar-refractivity contribution in [2.45, 2.75) is 26.2 Å². The molecule has 2 aromatic carbocycles. The lowest BCUT2D eigenvalue weighted by molar-refractivity contribution is -0.118. The zero-order chi connectivity index (χ0) is 16.6. The molecule has 0 atom stereocenters. The molecule has 0 saturated carbocycles. The van der Waals surface area contributed by atoms with E-state index in [0.717, 1.165) is 0 Å². The quantitative estimate of drug-likeness (QED) is 0.804. The minimum absolute atomic E-state index is 0.0549. The van der Waals surface area contributed by atoms with Crippen LogP contribution in [0.5, 0.6) is 5.75 Å². The first-order chi connectivity index (χ1) is 11.0. The van der Waals surface area contributed by atoms with E-state index < -0.39 is 0 Å². The highest BCUT2D eigenvalue weighted by atomic mass is 16.3. The maximum Gasteiger partial charge on any atom is 0.198 e. The number of carbonyl (C=O) groups excluding carboxylic acids is 3. The summed E-state index contributed by atoms with van der Waals surface area (Å²) in [5.74, 6) is -0.692. The zero-order valence-electron chi connectivity index (χ0n) is 12.8. The maximum atomic E-state index is 12.6. The Labute approximate surface area is 133 Å². The maximum absolute atomic E-state index is 12.6. The van der Waals surface area contributed by atoms with Gasteiger partial charge >= 0.3 is 0 Å². The number of hydrogen-bond donors (Lipinski definition) is 1. The number of fused-ring (bicyclic) bond motifs is 2. The predicted octanol–water partition coefficient (Wildman–Crippen LogP) is 3.08. The van der Waals surface area contributed by atoms with E-state index in [9.17, 15) is 19.5 Å². The average Bonchev–Trinajstić information content (AvgIpc) is 2.57. The highest BCUT2D eigenvalue weighted by molar-refractivity contribution is 6.29. The molecule has 0 radical (unpaired) electrons. The second-order valence-corrected chi connectivity index (χ2v) is 5.63. The average molecular weight is 308 g/mol. The molecule has 1 aliphatic carbocycles. The molecule has 4 nitrogen and oxygen atoms in total. The third kappa shape index (κ3) is 2.57. The molecule has 0 heterocycles. The number of carbonyl (C=O) groups is 3. The number of aromatic hydroxyl groups is 1. The third-order valence-corrected chi connectivity index (χ3v) is 4.15. The molecule has 3 rings (SSSR count). The van der Waals surface area contributed by atoms with Gasteiger partial charge in [0.2, 0.25) is 0 Å². The molecule has 4 heteroatoms. The molecule has 0 spiro atoms. The number of benzene rings is 2. The van der Waals surface area contributed by atoms with Gasteiger partial charge in [-0.15, -0.1) is 0 Å². The fourth-order valence-corrected chi connectivity index (χ4v) is 2.87. The van der Waals surface area contributed by atoms with Crippen LogP contribution in [0.25, 0.3) is 0 Å². The summed E-state index contributed by atoms with van der Waals surface area (Å²) in [6.07, 6.45) is 1.26. The van der Waals surface area contributed by atoms with Crippen LogP contribution in [-0.4, -0.2) is 22.5 Å². The van der Waals surface area contributed by atoms with E-state index in [1.807, 2.05) is 0 Å². The van der Waals surface area contributed by atoms with Crippen LogP contribution in [0.15, 0.2) is 36.4 Å². The monoisotopic (exact) mass is 308 g/mol. The lowest BCUT2D eigenvalue weighted by Gasteiger charge is -2.19. The van der Waals surface area contributed by atoms with Crippen LogP contribution in [0, 0.1) is 0 Å². The number of hydrogen-bond acceptors (Lipinski definition) is 4. The van der Waals surface area contributed by atoms with Crippen molar-refractivity contribution in [2.75, 3.05) is 0 Å². The fourth-order valence-electron chi connectivity index (χ4n) is 2.87. The molecule has 0 fully saturated rings. The van der Waals surface area contributed by atoms with E-state index in [1.54, 1.807) is 37.3 Å². The van der Waals surface area contributed by atoms with Crippen molar-refractivity contribution < 1.29 is 19.5 Å². The number of ketones is 3. The van der Waals surface area contributed by atoms with E-state index in [-0.39, 0.29) is 34.2 Å². The molecule has 0 bridgehead atoms. The number of rotatable bonds is 4. The Morgan fingerprint density at radius 2 is 1.65 bits per heavy atom. The number of phenolic OH excluding ortho intramolecular Hbond substituents is 1. The van der Waals surface area contributed by atoms with E-state index in [0.29, 0.717) is 36.0 Å². The summed E-state index contributed by atoms with van der Waals surface area (Å²) < 4.78 is 0. The number of Topliss-reactive ketones (excluding diaryl/α,β-unsaturated/α-hetero) is 1.